The third kappa shape index (κ3) is 3.54. The van der Waals surface area contributed by atoms with Crippen LogP contribution in [0.25, 0.3) is 22.3 Å². The summed E-state index contributed by atoms with van der Waals surface area (Å²) in [5.41, 5.74) is 5.54. The smallest absolute Gasteiger partial charge is 0.268 e. The first kappa shape index (κ1) is 19.3. The Hall–Kier alpha value is -3.67. The molecule has 6 nitrogen and oxygen atoms in total. The molecule has 2 aromatic carbocycles. The van der Waals surface area contributed by atoms with Crippen molar-refractivity contribution in [3.8, 4) is 17.1 Å². The zero-order valence-electron chi connectivity index (χ0n) is 17.8. The number of rotatable bonds is 4. The summed E-state index contributed by atoms with van der Waals surface area (Å²) in [6.07, 6.45) is 0.615. The van der Waals surface area contributed by atoms with Gasteiger partial charge in [-0.1, -0.05) is 30.3 Å². The number of fused-ring (bicyclic) bond motifs is 2. The number of nitrogens with one attached hydrogen (secondary N) is 1. The fourth-order valence-corrected chi connectivity index (χ4v) is 4.28. The molecule has 0 saturated carbocycles. The highest BCUT2D eigenvalue weighted by molar-refractivity contribution is 5.98. The molecule has 0 spiro atoms. The van der Waals surface area contributed by atoms with Gasteiger partial charge in [-0.15, -0.1) is 0 Å². The van der Waals surface area contributed by atoms with Gasteiger partial charge in [0.25, 0.3) is 5.91 Å². The van der Waals surface area contributed by atoms with Gasteiger partial charge in [0.05, 0.1) is 12.1 Å². The lowest BCUT2D eigenvalue weighted by atomic mass is 10.1. The van der Waals surface area contributed by atoms with E-state index in [9.17, 15) is 4.79 Å². The van der Waals surface area contributed by atoms with Crippen LogP contribution in [-0.2, 0) is 13.5 Å². The summed E-state index contributed by atoms with van der Waals surface area (Å²) >= 11 is 0. The lowest BCUT2D eigenvalue weighted by Gasteiger charge is -2.14. The van der Waals surface area contributed by atoms with Crippen molar-refractivity contribution < 1.29 is 9.53 Å². The number of aromatic nitrogens is 3. The average Bonchev–Trinajstić information content (AvgIpc) is 3.32. The van der Waals surface area contributed by atoms with Crippen molar-refractivity contribution in [2.75, 3.05) is 6.54 Å². The van der Waals surface area contributed by atoms with Crippen molar-refractivity contribution in [3.05, 3.63) is 77.2 Å². The van der Waals surface area contributed by atoms with Gasteiger partial charge in [-0.25, -0.2) is 9.97 Å². The quantitative estimate of drug-likeness (QED) is 0.550. The van der Waals surface area contributed by atoms with Crippen LogP contribution in [-0.4, -0.2) is 33.1 Å². The molecule has 1 N–H and O–H groups in total. The summed E-state index contributed by atoms with van der Waals surface area (Å²) < 4.78 is 8.17. The fraction of sp³-hybridized carbons (Fsp3) is 0.240. The van der Waals surface area contributed by atoms with Gasteiger partial charge in [0.2, 0.25) is 0 Å². The summed E-state index contributed by atoms with van der Waals surface area (Å²) in [5, 5.41) is 4.09. The van der Waals surface area contributed by atoms with Crippen LogP contribution in [0, 0.1) is 13.8 Å². The summed E-state index contributed by atoms with van der Waals surface area (Å²) in [4.78, 5) is 22.0. The van der Waals surface area contributed by atoms with E-state index in [4.69, 9.17) is 4.74 Å². The second-order valence-electron chi connectivity index (χ2n) is 8.07. The Labute approximate surface area is 180 Å². The topological polar surface area (TPSA) is 69.0 Å². The molecular formula is C25H24N4O2. The predicted octanol–water partition coefficient (Wildman–Crippen LogP) is 3.99. The zero-order chi connectivity index (χ0) is 21.5. The molecule has 1 aliphatic heterocycles. The minimum atomic E-state index is -0.124. The molecule has 3 heterocycles. The van der Waals surface area contributed by atoms with E-state index in [1.807, 2.05) is 74.0 Å². The minimum absolute atomic E-state index is 0.101. The molecule has 0 saturated heterocycles. The normalized spacial score (nSPS) is 15.0. The molecule has 6 heteroatoms. The van der Waals surface area contributed by atoms with E-state index in [-0.39, 0.29) is 12.0 Å². The van der Waals surface area contributed by atoms with Crippen LogP contribution in [0.4, 0.5) is 0 Å². The Morgan fingerprint density at radius 1 is 1.10 bits per heavy atom. The van der Waals surface area contributed by atoms with E-state index in [0.29, 0.717) is 18.1 Å². The van der Waals surface area contributed by atoms with Crippen LogP contribution in [0.5, 0.6) is 5.75 Å². The first-order chi connectivity index (χ1) is 15.0. The third-order valence-corrected chi connectivity index (χ3v) is 5.73. The molecule has 2 aromatic heterocycles. The second kappa shape index (κ2) is 7.54. The highest BCUT2D eigenvalue weighted by atomic mass is 16.5. The van der Waals surface area contributed by atoms with Gasteiger partial charge in [-0.2, -0.15) is 0 Å². The molecule has 1 atom stereocenters. The van der Waals surface area contributed by atoms with Crippen LogP contribution in [0.1, 0.15) is 27.4 Å². The van der Waals surface area contributed by atoms with E-state index in [0.717, 1.165) is 45.6 Å². The summed E-state index contributed by atoms with van der Waals surface area (Å²) in [6, 6.07) is 17.9. The molecule has 0 unspecified atom stereocenters. The maximum Gasteiger partial charge on any atom is 0.268 e. The summed E-state index contributed by atoms with van der Waals surface area (Å²) in [6.45, 7) is 4.36. The van der Waals surface area contributed by atoms with Gasteiger partial charge in [-0.05, 0) is 43.7 Å². The van der Waals surface area contributed by atoms with Crippen molar-refractivity contribution >= 4 is 16.8 Å². The highest BCUT2D eigenvalue weighted by Gasteiger charge is 2.27. The van der Waals surface area contributed by atoms with E-state index in [1.54, 1.807) is 0 Å². The first-order valence-corrected chi connectivity index (χ1v) is 10.4. The fourth-order valence-electron chi connectivity index (χ4n) is 4.28. The van der Waals surface area contributed by atoms with Gasteiger partial charge in [-0.3, -0.25) is 4.79 Å². The van der Waals surface area contributed by atoms with Crippen LogP contribution in [0.2, 0.25) is 0 Å². The van der Waals surface area contributed by atoms with Crippen molar-refractivity contribution in [2.24, 2.45) is 7.05 Å². The summed E-state index contributed by atoms with van der Waals surface area (Å²) in [7, 11) is 1.91. The lowest BCUT2D eigenvalue weighted by molar-refractivity contribution is 0.0926. The van der Waals surface area contributed by atoms with E-state index in [2.05, 4.69) is 21.4 Å². The highest BCUT2D eigenvalue weighted by Crippen LogP contribution is 2.37. The van der Waals surface area contributed by atoms with Crippen molar-refractivity contribution in [2.45, 2.75) is 26.4 Å². The third-order valence-electron chi connectivity index (χ3n) is 5.73. The number of carbonyl (C=O) groups is 1. The lowest BCUT2D eigenvalue weighted by Crippen LogP contribution is -2.35. The predicted molar refractivity (Wildman–Crippen MR) is 120 cm³/mol. The second-order valence-corrected chi connectivity index (χ2v) is 8.07. The summed E-state index contributed by atoms with van der Waals surface area (Å²) in [5.74, 6) is 1.39. The molecule has 5 rings (SSSR count). The Balaban J connectivity index is 1.32. The molecule has 0 aliphatic carbocycles. The largest absolute Gasteiger partial charge is 0.487 e. The SMILES string of the molecule is Cc1cc(C)nc(-c2cccc3c2O[C@H](CNC(=O)c2cc4ccccc4n2C)C3)n1. The Kier molecular flexibility index (Phi) is 4.70. The van der Waals surface area contributed by atoms with Crippen molar-refractivity contribution in [1.29, 1.82) is 0 Å². The van der Waals surface area contributed by atoms with E-state index >= 15 is 0 Å². The molecule has 1 amide bonds. The molecule has 0 bridgehead atoms. The number of hydrogen-bond donors (Lipinski definition) is 1. The number of benzene rings is 2. The van der Waals surface area contributed by atoms with Gasteiger partial charge >= 0.3 is 0 Å². The van der Waals surface area contributed by atoms with E-state index < -0.39 is 0 Å². The molecule has 31 heavy (non-hydrogen) atoms. The first-order valence-electron chi connectivity index (χ1n) is 10.4. The standard InChI is InChI=1S/C25H24N4O2/c1-15-11-16(2)28-24(27-15)20-9-6-8-18-12-19(31-23(18)20)14-26-25(30)22-13-17-7-4-5-10-21(17)29(22)3/h4-11,13,19H,12,14H2,1-3H3,(H,26,30)/t19-/m0/s1. The van der Waals surface area contributed by atoms with Gasteiger partial charge in [0.15, 0.2) is 5.82 Å². The Morgan fingerprint density at radius 3 is 2.65 bits per heavy atom. The van der Waals surface area contributed by atoms with Gasteiger partial charge in [0.1, 0.15) is 17.5 Å². The zero-order valence-corrected chi connectivity index (χ0v) is 17.8. The number of para-hydroxylation sites is 2. The molecule has 4 aromatic rings. The maximum absolute atomic E-state index is 12.8. The van der Waals surface area contributed by atoms with Crippen molar-refractivity contribution in [1.82, 2.24) is 19.9 Å². The van der Waals surface area contributed by atoms with Gasteiger partial charge < -0.3 is 14.6 Å². The number of carbonyl (C=O) groups excluding carboxylic acids is 1. The van der Waals surface area contributed by atoms with E-state index in [1.165, 1.54) is 0 Å². The molecular weight excluding hydrogens is 388 g/mol. The molecule has 0 fully saturated rings. The number of ether oxygens (including phenoxy) is 1. The average molecular weight is 412 g/mol. The van der Waals surface area contributed by atoms with Crippen LogP contribution >= 0.6 is 0 Å². The number of aryl methyl sites for hydroxylation is 3. The van der Waals surface area contributed by atoms with Crippen LogP contribution in [0.3, 0.4) is 0 Å². The Morgan fingerprint density at radius 2 is 1.87 bits per heavy atom. The van der Waals surface area contributed by atoms with Gasteiger partial charge in [0, 0.05) is 35.8 Å². The molecule has 1 aliphatic rings. The molecule has 156 valence electrons. The van der Waals surface area contributed by atoms with Crippen LogP contribution < -0.4 is 10.1 Å². The monoisotopic (exact) mass is 412 g/mol. The van der Waals surface area contributed by atoms with Crippen LogP contribution in [0.15, 0.2) is 54.6 Å². The number of nitrogens with zero attached hydrogens (tertiary/aromatic N) is 3. The number of amides is 1. The Bertz CT molecular complexity index is 1290. The minimum Gasteiger partial charge on any atom is -0.487 e. The number of hydrogen-bond acceptors (Lipinski definition) is 4. The van der Waals surface area contributed by atoms with Crippen molar-refractivity contribution in [3.63, 3.8) is 0 Å². The maximum atomic E-state index is 12.8. The molecule has 0 radical (unpaired) electrons.